The molecule has 3 atom stereocenters. The summed E-state index contributed by atoms with van der Waals surface area (Å²) in [7, 11) is -3.36. The number of nitrogens with zero attached hydrogens (tertiary/aromatic N) is 1. The Labute approximate surface area is 208 Å². The maximum atomic E-state index is 14.9. The Balaban J connectivity index is 1.85. The Bertz CT molecular complexity index is 1210. The van der Waals surface area contributed by atoms with Gasteiger partial charge in [-0.15, -0.1) is 6.58 Å². The Morgan fingerprint density at radius 3 is 1.57 bits per heavy atom. The van der Waals surface area contributed by atoms with Gasteiger partial charge in [0.15, 0.2) is 0 Å². The van der Waals surface area contributed by atoms with Crippen LogP contribution in [0.3, 0.4) is 0 Å². The van der Waals surface area contributed by atoms with Crippen molar-refractivity contribution in [3.63, 3.8) is 0 Å². The van der Waals surface area contributed by atoms with Gasteiger partial charge in [-0.2, -0.15) is 0 Å². The monoisotopic (exact) mass is 479 g/mol. The molecule has 1 aliphatic rings. The van der Waals surface area contributed by atoms with Gasteiger partial charge >= 0.3 is 0 Å². The van der Waals surface area contributed by atoms with E-state index in [1.54, 1.807) is 6.08 Å². The summed E-state index contributed by atoms with van der Waals surface area (Å²) >= 11 is 0. The van der Waals surface area contributed by atoms with Crippen molar-refractivity contribution < 1.29 is 9.09 Å². The number of hydrogen-bond donors (Lipinski definition) is 0. The van der Waals surface area contributed by atoms with Crippen molar-refractivity contribution in [2.75, 3.05) is 6.16 Å². The maximum absolute atomic E-state index is 14.9. The highest BCUT2D eigenvalue weighted by atomic mass is 31.2. The average molecular weight is 480 g/mol. The number of allylic oxidation sites excluding steroid dienone is 1. The van der Waals surface area contributed by atoms with Crippen LogP contribution in [-0.4, -0.2) is 16.9 Å². The fourth-order valence-electron chi connectivity index (χ4n) is 5.47. The van der Waals surface area contributed by atoms with E-state index in [1.807, 2.05) is 72.8 Å². The van der Waals surface area contributed by atoms with Crippen LogP contribution in [0.1, 0.15) is 35.3 Å². The lowest BCUT2D eigenvalue weighted by Gasteiger charge is -2.46. The Morgan fingerprint density at radius 2 is 1.17 bits per heavy atom. The van der Waals surface area contributed by atoms with Crippen LogP contribution < -0.4 is 0 Å². The standard InChI is InChI=1S/C31H30NO2P/c1-3-24-35(33)32(25(2)30(34-35)26-16-8-4-9-17-26)31(27-18-10-5-11-19-27,28-20-12-6-13-21-28)29-22-14-7-15-23-29/h3-23,25,30H,1,24H2,2H3/t25-,30-,35?/m0/s1. The fraction of sp³-hybridized carbons (Fsp3) is 0.161. The Kier molecular flexibility index (Phi) is 6.58. The lowest BCUT2D eigenvalue weighted by Crippen LogP contribution is -2.48. The second-order valence-corrected chi connectivity index (χ2v) is 11.2. The van der Waals surface area contributed by atoms with Gasteiger partial charge in [-0.1, -0.05) is 127 Å². The molecular weight excluding hydrogens is 449 g/mol. The second kappa shape index (κ2) is 9.79. The summed E-state index contributed by atoms with van der Waals surface area (Å²) < 4.78 is 23.7. The van der Waals surface area contributed by atoms with Gasteiger partial charge in [0.25, 0.3) is 7.52 Å². The first-order valence-corrected chi connectivity index (χ1v) is 13.8. The van der Waals surface area contributed by atoms with E-state index in [0.29, 0.717) is 0 Å². The molecule has 0 aliphatic carbocycles. The minimum absolute atomic E-state index is 0.177. The van der Waals surface area contributed by atoms with E-state index in [1.165, 1.54) is 0 Å². The van der Waals surface area contributed by atoms with Crippen molar-refractivity contribution in [1.82, 2.24) is 4.67 Å². The van der Waals surface area contributed by atoms with Gasteiger partial charge in [-0.05, 0) is 29.2 Å². The molecule has 0 amide bonds. The lowest BCUT2D eigenvalue weighted by molar-refractivity contribution is 0.177. The zero-order valence-corrected chi connectivity index (χ0v) is 20.8. The van der Waals surface area contributed by atoms with E-state index in [0.717, 1.165) is 22.3 Å². The van der Waals surface area contributed by atoms with Gasteiger partial charge in [0.2, 0.25) is 0 Å². The molecule has 0 N–H and O–H groups in total. The third-order valence-electron chi connectivity index (χ3n) is 6.84. The van der Waals surface area contributed by atoms with E-state index in [4.69, 9.17) is 4.52 Å². The van der Waals surface area contributed by atoms with E-state index in [2.05, 4.69) is 66.7 Å². The molecule has 1 unspecified atom stereocenters. The van der Waals surface area contributed by atoms with E-state index >= 15 is 0 Å². The van der Waals surface area contributed by atoms with E-state index < -0.39 is 13.1 Å². The zero-order chi connectivity index (χ0) is 24.3. The lowest BCUT2D eigenvalue weighted by atomic mass is 9.76. The molecule has 1 heterocycles. The first kappa shape index (κ1) is 23.5. The van der Waals surface area contributed by atoms with Crippen LogP contribution in [0.25, 0.3) is 0 Å². The van der Waals surface area contributed by atoms with Gasteiger partial charge in [0.1, 0.15) is 11.6 Å². The fourth-order valence-corrected chi connectivity index (χ4v) is 8.29. The number of hydrogen-bond acceptors (Lipinski definition) is 2. The summed E-state index contributed by atoms with van der Waals surface area (Å²) in [6.07, 6.45) is 1.65. The van der Waals surface area contributed by atoms with Crippen LogP contribution in [0, 0.1) is 0 Å². The highest BCUT2D eigenvalue weighted by molar-refractivity contribution is 7.57. The molecule has 1 aliphatic heterocycles. The molecule has 0 bridgehead atoms. The molecule has 0 spiro atoms. The molecule has 176 valence electrons. The van der Waals surface area contributed by atoms with Crippen LogP contribution in [-0.2, 0) is 14.6 Å². The highest BCUT2D eigenvalue weighted by Gasteiger charge is 2.58. The first-order chi connectivity index (χ1) is 17.1. The summed E-state index contributed by atoms with van der Waals surface area (Å²) in [4.78, 5) is 0. The molecule has 3 nitrogen and oxygen atoms in total. The van der Waals surface area contributed by atoms with Crippen molar-refractivity contribution in [1.29, 1.82) is 0 Å². The van der Waals surface area contributed by atoms with Crippen molar-refractivity contribution in [2.24, 2.45) is 0 Å². The second-order valence-electron chi connectivity index (χ2n) is 8.94. The van der Waals surface area contributed by atoms with Crippen molar-refractivity contribution in [2.45, 2.75) is 24.6 Å². The summed E-state index contributed by atoms with van der Waals surface area (Å²) in [6, 6.07) is 41.0. The highest BCUT2D eigenvalue weighted by Crippen LogP contribution is 2.69. The van der Waals surface area contributed by atoms with Crippen LogP contribution in [0.5, 0.6) is 0 Å². The molecule has 1 saturated heterocycles. The summed E-state index contributed by atoms with van der Waals surface area (Å²) in [5.41, 5.74) is 3.34. The zero-order valence-electron chi connectivity index (χ0n) is 19.9. The molecule has 0 radical (unpaired) electrons. The SMILES string of the molecule is C=CCP1(=O)O[C@H](c2ccccc2)[C@H](C)N1C(c1ccccc1)(c1ccccc1)c1ccccc1. The first-order valence-electron chi connectivity index (χ1n) is 12.0. The predicted octanol–water partition coefficient (Wildman–Crippen LogP) is 7.82. The third kappa shape index (κ3) is 4.00. The molecule has 35 heavy (non-hydrogen) atoms. The number of rotatable bonds is 7. The van der Waals surface area contributed by atoms with Crippen molar-refractivity contribution in [3.05, 3.63) is 156 Å². The van der Waals surface area contributed by atoms with Gasteiger partial charge in [-0.25, -0.2) is 4.67 Å². The molecule has 4 aromatic carbocycles. The Hall–Kier alpha value is -3.23. The normalized spacial score (nSPS) is 22.7. The van der Waals surface area contributed by atoms with Gasteiger partial charge in [-0.3, -0.25) is 4.57 Å². The minimum atomic E-state index is -3.36. The summed E-state index contributed by atoms with van der Waals surface area (Å²) in [5.74, 6) is 0. The predicted molar refractivity (Wildman–Crippen MR) is 143 cm³/mol. The molecular formula is C31H30NO2P. The molecule has 0 saturated carbocycles. The quantitative estimate of drug-likeness (QED) is 0.154. The molecule has 5 rings (SSSR count). The summed E-state index contributed by atoms with van der Waals surface area (Å²) in [6.45, 7) is 6.08. The van der Waals surface area contributed by atoms with E-state index in [9.17, 15) is 4.57 Å². The van der Waals surface area contributed by atoms with Crippen LogP contribution in [0.15, 0.2) is 134 Å². The molecule has 0 aromatic heterocycles. The van der Waals surface area contributed by atoms with Crippen LogP contribution in [0.4, 0.5) is 0 Å². The summed E-state index contributed by atoms with van der Waals surface area (Å²) in [5, 5.41) is 0. The molecule has 4 heteroatoms. The van der Waals surface area contributed by atoms with Crippen LogP contribution >= 0.6 is 7.52 Å². The van der Waals surface area contributed by atoms with Gasteiger partial charge in [0, 0.05) is 6.04 Å². The smallest absolute Gasteiger partial charge is 0.278 e. The van der Waals surface area contributed by atoms with Crippen molar-refractivity contribution in [3.8, 4) is 0 Å². The number of benzene rings is 4. The third-order valence-corrected chi connectivity index (χ3v) is 9.43. The van der Waals surface area contributed by atoms with Gasteiger partial charge < -0.3 is 4.52 Å². The largest absolute Gasteiger partial charge is 0.307 e. The maximum Gasteiger partial charge on any atom is 0.278 e. The van der Waals surface area contributed by atoms with Gasteiger partial charge in [0.05, 0.1) is 6.16 Å². The van der Waals surface area contributed by atoms with Crippen LogP contribution in [0.2, 0.25) is 0 Å². The molecule has 1 fully saturated rings. The van der Waals surface area contributed by atoms with Crippen molar-refractivity contribution >= 4 is 7.52 Å². The average Bonchev–Trinajstić information content (AvgIpc) is 3.18. The minimum Gasteiger partial charge on any atom is -0.307 e. The Morgan fingerprint density at radius 1 is 0.771 bits per heavy atom. The van der Waals surface area contributed by atoms with E-state index in [-0.39, 0.29) is 18.3 Å². The topological polar surface area (TPSA) is 29.5 Å². The molecule has 4 aromatic rings.